The summed E-state index contributed by atoms with van der Waals surface area (Å²) in [6.45, 7) is 5.42. The maximum Gasteiger partial charge on any atom is 0.328 e. The van der Waals surface area contributed by atoms with E-state index in [1.54, 1.807) is 13.2 Å². The molecule has 3 aromatic rings. The second kappa shape index (κ2) is 14.7. The van der Waals surface area contributed by atoms with Crippen molar-refractivity contribution in [3.05, 3.63) is 126 Å². The number of hydrogen-bond donors (Lipinski definition) is 1. The van der Waals surface area contributed by atoms with Crippen molar-refractivity contribution in [3.8, 4) is 11.5 Å². The molecule has 39 heavy (non-hydrogen) atoms. The van der Waals surface area contributed by atoms with Crippen LogP contribution in [0.4, 0.5) is 0 Å². The summed E-state index contributed by atoms with van der Waals surface area (Å²) in [5.74, 6) is 0.327. The topological polar surface area (TPSA) is 62.2 Å². The molecule has 0 saturated carbocycles. The molecule has 1 aliphatic heterocycles. The Balaban J connectivity index is 1.25. The summed E-state index contributed by atoms with van der Waals surface area (Å²) in [6, 6.07) is 27.5. The number of benzene rings is 3. The van der Waals surface area contributed by atoms with Crippen LogP contribution in [-0.4, -0.2) is 67.3 Å². The maximum absolute atomic E-state index is 10.6. The Morgan fingerprint density at radius 3 is 2.15 bits per heavy atom. The van der Waals surface area contributed by atoms with Crippen LogP contribution in [0.1, 0.15) is 22.7 Å². The van der Waals surface area contributed by atoms with Crippen molar-refractivity contribution in [2.75, 3.05) is 46.4 Å². The van der Waals surface area contributed by atoms with Crippen LogP contribution >= 0.6 is 0 Å². The molecule has 1 fully saturated rings. The fourth-order valence-corrected chi connectivity index (χ4v) is 4.73. The summed E-state index contributed by atoms with van der Waals surface area (Å²) >= 11 is 0. The van der Waals surface area contributed by atoms with Gasteiger partial charge in [0, 0.05) is 38.8 Å². The molecule has 0 aliphatic carbocycles. The van der Waals surface area contributed by atoms with Crippen LogP contribution in [0.3, 0.4) is 0 Å². The molecule has 0 unspecified atom stereocenters. The smallest absolute Gasteiger partial charge is 0.328 e. The third-order valence-corrected chi connectivity index (χ3v) is 6.69. The molecule has 0 spiro atoms. The number of hydrogen-bond acceptors (Lipinski definition) is 5. The maximum atomic E-state index is 10.6. The van der Waals surface area contributed by atoms with Crippen molar-refractivity contribution >= 4 is 12.0 Å². The molecular weight excluding hydrogens is 488 g/mol. The molecule has 0 amide bonds. The number of nitrogens with zero attached hydrogens (tertiary/aromatic N) is 2. The summed E-state index contributed by atoms with van der Waals surface area (Å²) < 4.78 is 11.4. The lowest BCUT2D eigenvalue weighted by atomic mass is 9.96. The van der Waals surface area contributed by atoms with Gasteiger partial charge in [-0.05, 0) is 28.8 Å². The highest BCUT2D eigenvalue weighted by molar-refractivity contribution is 5.80. The SMILES string of the molecule is COc1cc(C=CC=CC(=O)O)ccc1OCC=CCN1CCN(C(c2ccccc2)c2ccccc2)CC1. The minimum atomic E-state index is -0.976. The summed E-state index contributed by atoms with van der Waals surface area (Å²) in [6.07, 6.45) is 10.3. The van der Waals surface area contributed by atoms with Crippen LogP contribution in [0.5, 0.6) is 11.5 Å². The Morgan fingerprint density at radius 2 is 1.54 bits per heavy atom. The van der Waals surface area contributed by atoms with Crippen LogP contribution in [0.2, 0.25) is 0 Å². The fraction of sp³-hybridized carbons (Fsp3) is 0.242. The summed E-state index contributed by atoms with van der Waals surface area (Å²) in [5.41, 5.74) is 3.57. The van der Waals surface area contributed by atoms with E-state index in [9.17, 15) is 4.79 Å². The van der Waals surface area contributed by atoms with Gasteiger partial charge in [0.25, 0.3) is 0 Å². The normalized spacial score (nSPS) is 15.0. The number of aliphatic carboxylic acids is 1. The lowest BCUT2D eigenvalue weighted by molar-refractivity contribution is -0.131. The monoisotopic (exact) mass is 524 g/mol. The highest BCUT2D eigenvalue weighted by Crippen LogP contribution is 2.30. The van der Waals surface area contributed by atoms with Gasteiger partial charge in [-0.1, -0.05) is 97.1 Å². The first-order valence-electron chi connectivity index (χ1n) is 13.2. The molecule has 0 atom stereocenters. The number of piperazine rings is 1. The number of rotatable bonds is 12. The first-order valence-corrected chi connectivity index (χ1v) is 13.2. The number of ether oxygens (including phenoxy) is 2. The van der Waals surface area contributed by atoms with Crippen LogP contribution in [-0.2, 0) is 4.79 Å². The first kappa shape index (κ1) is 27.9. The van der Waals surface area contributed by atoms with Crippen molar-refractivity contribution in [1.29, 1.82) is 0 Å². The molecule has 3 aromatic carbocycles. The van der Waals surface area contributed by atoms with Gasteiger partial charge >= 0.3 is 5.97 Å². The zero-order valence-electron chi connectivity index (χ0n) is 22.4. The van der Waals surface area contributed by atoms with Crippen LogP contribution in [0.25, 0.3) is 6.08 Å². The third-order valence-electron chi connectivity index (χ3n) is 6.69. The van der Waals surface area contributed by atoms with E-state index in [4.69, 9.17) is 14.6 Å². The second-order valence-electron chi connectivity index (χ2n) is 9.31. The van der Waals surface area contributed by atoms with E-state index in [2.05, 4.69) is 76.5 Å². The molecule has 1 heterocycles. The largest absolute Gasteiger partial charge is 0.493 e. The number of methoxy groups -OCH3 is 1. The van der Waals surface area contributed by atoms with Gasteiger partial charge in [0.2, 0.25) is 0 Å². The molecular formula is C33H36N2O4. The van der Waals surface area contributed by atoms with Gasteiger partial charge in [-0.25, -0.2) is 4.79 Å². The third kappa shape index (κ3) is 8.43. The molecule has 1 N–H and O–H groups in total. The lowest BCUT2D eigenvalue weighted by Gasteiger charge is -2.39. The highest BCUT2D eigenvalue weighted by Gasteiger charge is 2.25. The summed E-state index contributed by atoms with van der Waals surface area (Å²) in [5, 5.41) is 8.67. The van der Waals surface area contributed by atoms with Crippen LogP contribution in [0.15, 0.2) is 109 Å². The van der Waals surface area contributed by atoms with Crippen molar-refractivity contribution in [1.82, 2.24) is 9.80 Å². The van der Waals surface area contributed by atoms with E-state index >= 15 is 0 Å². The van der Waals surface area contributed by atoms with Gasteiger partial charge < -0.3 is 14.6 Å². The number of allylic oxidation sites excluding steroid dienone is 2. The van der Waals surface area contributed by atoms with Crippen LogP contribution in [0, 0.1) is 0 Å². The van der Waals surface area contributed by atoms with Gasteiger partial charge in [-0.3, -0.25) is 9.80 Å². The number of carboxylic acids is 1. The van der Waals surface area contributed by atoms with Crippen molar-refractivity contribution < 1.29 is 19.4 Å². The summed E-state index contributed by atoms with van der Waals surface area (Å²) in [4.78, 5) is 15.6. The average Bonchev–Trinajstić information content (AvgIpc) is 2.97. The highest BCUT2D eigenvalue weighted by atomic mass is 16.5. The number of carboxylic acid groups (broad SMARTS) is 1. The predicted molar refractivity (Wildman–Crippen MR) is 156 cm³/mol. The van der Waals surface area contributed by atoms with E-state index in [0.717, 1.165) is 44.4 Å². The van der Waals surface area contributed by atoms with E-state index in [-0.39, 0.29) is 6.04 Å². The Bertz CT molecular complexity index is 1220. The molecule has 0 bridgehead atoms. The minimum Gasteiger partial charge on any atom is -0.493 e. The fourth-order valence-electron chi connectivity index (χ4n) is 4.73. The Morgan fingerprint density at radius 1 is 0.872 bits per heavy atom. The Labute approximate surface area is 231 Å². The molecule has 1 saturated heterocycles. The van der Waals surface area contributed by atoms with Gasteiger partial charge in [0.15, 0.2) is 11.5 Å². The molecule has 6 nitrogen and oxygen atoms in total. The van der Waals surface area contributed by atoms with E-state index in [0.29, 0.717) is 18.1 Å². The molecule has 202 valence electrons. The molecule has 1 aliphatic rings. The first-order chi connectivity index (χ1) is 19.1. The number of carbonyl (C=O) groups is 1. The average molecular weight is 525 g/mol. The van der Waals surface area contributed by atoms with E-state index in [1.807, 2.05) is 30.4 Å². The quantitative estimate of drug-likeness (QED) is 0.187. The Kier molecular flexibility index (Phi) is 10.5. The minimum absolute atomic E-state index is 0.275. The van der Waals surface area contributed by atoms with Gasteiger partial charge in [-0.15, -0.1) is 0 Å². The zero-order chi connectivity index (χ0) is 27.3. The molecule has 0 aromatic heterocycles. The summed E-state index contributed by atoms with van der Waals surface area (Å²) in [7, 11) is 1.61. The van der Waals surface area contributed by atoms with Gasteiger partial charge in [0.1, 0.15) is 6.61 Å². The van der Waals surface area contributed by atoms with Crippen LogP contribution < -0.4 is 9.47 Å². The molecule has 4 rings (SSSR count). The van der Waals surface area contributed by atoms with Crippen molar-refractivity contribution in [2.24, 2.45) is 0 Å². The zero-order valence-corrected chi connectivity index (χ0v) is 22.4. The van der Waals surface area contributed by atoms with Crippen molar-refractivity contribution in [2.45, 2.75) is 6.04 Å². The van der Waals surface area contributed by atoms with Gasteiger partial charge in [0.05, 0.1) is 13.2 Å². The van der Waals surface area contributed by atoms with Crippen molar-refractivity contribution in [3.63, 3.8) is 0 Å². The molecule has 0 radical (unpaired) electrons. The standard InChI is InChI=1S/C33H36N2O4/c1-38-31-26-27(12-8-9-17-32(36)37)18-19-30(31)39-25-11-10-20-34-21-23-35(24-22-34)33(28-13-4-2-5-14-28)29-15-6-3-7-16-29/h2-19,26,33H,20-25H2,1H3,(H,36,37). The van der Waals surface area contributed by atoms with E-state index in [1.165, 1.54) is 17.2 Å². The predicted octanol–water partition coefficient (Wildman–Crippen LogP) is 5.69. The molecule has 6 heteroatoms. The Hall–Kier alpha value is -4.13. The van der Waals surface area contributed by atoms with E-state index < -0.39 is 5.97 Å². The lowest BCUT2D eigenvalue weighted by Crippen LogP contribution is -2.47. The second-order valence-corrected chi connectivity index (χ2v) is 9.31. The van der Waals surface area contributed by atoms with Gasteiger partial charge in [-0.2, -0.15) is 0 Å².